The van der Waals surface area contributed by atoms with Crippen molar-refractivity contribution < 1.29 is 14.4 Å². The van der Waals surface area contributed by atoms with Crippen molar-refractivity contribution in [3.05, 3.63) is 34.9 Å². The summed E-state index contributed by atoms with van der Waals surface area (Å²) in [6.45, 7) is 1.65. The molecule has 0 bridgehead atoms. The Balaban J connectivity index is 1.22. The minimum absolute atomic E-state index is 0.0246. The van der Waals surface area contributed by atoms with Crippen LogP contribution in [0.15, 0.2) is 29.4 Å². The molecule has 2 N–H and O–H groups in total. The Labute approximate surface area is 182 Å². The van der Waals surface area contributed by atoms with Crippen LogP contribution < -0.4 is 10.6 Å². The van der Waals surface area contributed by atoms with Gasteiger partial charge in [0.1, 0.15) is 11.3 Å². The second-order valence-electron chi connectivity index (χ2n) is 8.57. The van der Waals surface area contributed by atoms with Crippen LogP contribution in [-0.4, -0.2) is 47.3 Å². The first-order chi connectivity index (χ1) is 14.5. The summed E-state index contributed by atoms with van der Waals surface area (Å²) >= 11 is 5.89. The molecule has 0 radical (unpaired) electrons. The van der Waals surface area contributed by atoms with Crippen LogP contribution in [0.25, 0.3) is 0 Å². The molecule has 0 atom stereocenters. The number of carbonyl (C=O) groups excluding carboxylic acids is 2. The SMILES string of the molecule is O=C(NCc1ccc(Cl)cc1)C1=NOC2(CCN(C(=O)NC3CCCCC3)CC2)C1. The predicted molar refractivity (Wildman–Crippen MR) is 115 cm³/mol. The highest BCUT2D eigenvalue weighted by molar-refractivity contribution is 6.39. The van der Waals surface area contributed by atoms with Crippen molar-refractivity contribution >= 4 is 29.3 Å². The smallest absolute Gasteiger partial charge is 0.317 e. The van der Waals surface area contributed by atoms with Gasteiger partial charge in [-0.25, -0.2) is 4.79 Å². The maximum absolute atomic E-state index is 12.6. The van der Waals surface area contributed by atoms with E-state index in [9.17, 15) is 9.59 Å². The number of rotatable bonds is 4. The van der Waals surface area contributed by atoms with Gasteiger partial charge < -0.3 is 20.4 Å². The summed E-state index contributed by atoms with van der Waals surface area (Å²) in [5.74, 6) is -0.209. The molecule has 7 nitrogen and oxygen atoms in total. The van der Waals surface area contributed by atoms with Gasteiger partial charge in [-0.15, -0.1) is 0 Å². The van der Waals surface area contributed by atoms with Gasteiger partial charge in [0.15, 0.2) is 0 Å². The monoisotopic (exact) mass is 432 g/mol. The van der Waals surface area contributed by atoms with Crippen molar-refractivity contribution in [2.24, 2.45) is 5.16 Å². The van der Waals surface area contributed by atoms with E-state index in [1.807, 2.05) is 17.0 Å². The minimum atomic E-state index is -0.464. The van der Waals surface area contributed by atoms with Crippen molar-refractivity contribution in [3.8, 4) is 0 Å². The Kier molecular flexibility index (Phi) is 6.46. The van der Waals surface area contributed by atoms with E-state index in [1.165, 1.54) is 19.3 Å². The third-order valence-electron chi connectivity index (χ3n) is 6.36. The number of likely N-dealkylation sites (tertiary alicyclic amines) is 1. The van der Waals surface area contributed by atoms with Crippen molar-refractivity contribution in [2.45, 2.75) is 69.6 Å². The fourth-order valence-corrected chi connectivity index (χ4v) is 4.55. The summed E-state index contributed by atoms with van der Waals surface area (Å²) in [6, 6.07) is 7.69. The molecule has 1 aromatic rings. The van der Waals surface area contributed by atoms with Gasteiger partial charge in [0, 0.05) is 50.0 Å². The van der Waals surface area contributed by atoms with E-state index in [4.69, 9.17) is 16.4 Å². The highest BCUT2D eigenvalue weighted by atomic mass is 35.5. The van der Waals surface area contributed by atoms with E-state index < -0.39 is 5.60 Å². The van der Waals surface area contributed by atoms with E-state index in [-0.39, 0.29) is 11.9 Å². The average molecular weight is 433 g/mol. The summed E-state index contributed by atoms with van der Waals surface area (Å²) in [4.78, 5) is 32.6. The third kappa shape index (κ3) is 5.06. The fraction of sp³-hybridized carbons (Fsp3) is 0.591. The summed E-state index contributed by atoms with van der Waals surface area (Å²) in [7, 11) is 0. The first kappa shape index (κ1) is 21.0. The molecule has 2 aliphatic heterocycles. The number of urea groups is 1. The van der Waals surface area contributed by atoms with Crippen LogP contribution in [0.1, 0.15) is 56.9 Å². The van der Waals surface area contributed by atoms with Crippen molar-refractivity contribution in [3.63, 3.8) is 0 Å². The van der Waals surface area contributed by atoms with E-state index in [0.29, 0.717) is 55.7 Å². The molecule has 2 fully saturated rings. The molecule has 8 heteroatoms. The quantitative estimate of drug-likeness (QED) is 0.762. The van der Waals surface area contributed by atoms with Crippen molar-refractivity contribution in [1.29, 1.82) is 0 Å². The zero-order valence-corrected chi connectivity index (χ0v) is 17.9. The Bertz CT molecular complexity index is 797. The lowest BCUT2D eigenvalue weighted by atomic mass is 9.87. The van der Waals surface area contributed by atoms with Crippen LogP contribution in [0, 0.1) is 0 Å². The topological polar surface area (TPSA) is 83.0 Å². The van der Waals surface area contributed by atoms with Crippen LogP contribution in [0.3, 0.4) is 0 Å². The molecule has 0 aromatic heterocycles. The van der Waals surface area contributed by atoms with Crippen LogP contribution in [-0.2, 0) is 16.2 Å². The first-order valence-electron chi connectivity index (χ1n) is 10.9. The van der Waals surface area contributed by atoms with Gasteiger partial charge in [-0.1, -0.05) is 48.2 Å². The molecule has 30 heavy (non-hydrogen) atoms. The molecular formula is C22H29ClN4O3. The van der Waals surface area contributed by atoms with Gasteiger partial charge in [-0.3, -0.25) is 4.79 Å². The normalized spacial score (nSPS) is 21.1. The van der Waals surface area contributed by atoms with E-state index >= 15 is 0 Å². The number of halogens is 1. The van der Waals surface area contributed by atoms with Gasteiger partial charge in [0.25, 0.3) is 5.91 Å². The van der Waals surface area contributed by atoms with Gasteiger partial charge in [-0.2, -0.15) is 0 Å². The van der Waals surface area contributed by atoms with E-state index in [2.05, 4.69) is 15.8 Å². The minimum Gasteiger partial charge on any atom is -0.388 e. The molecule has 0 unspecified atom stereocenters. The second kappa shape index (κ2) is 9.25. The van der Waals surface area contributed by atoms with E-state index in [0.717, 1.165) is 18.4 Å². The molecule has 3 amide bonds. The number of amides is 3. The van der Waals surface area contributed by atoms with Crippen LogP contribution in [0.4, 0.5) is 4.79 Å². The van der Waals surface area contributed by atoms with Crippen molar-refractivity contribution in [2.75, 3.05) is 13.1 Å². The lowest BCUT2D eigenvalue weighted by Crippen LogP contribution is -2.52. The van der Waals surface area contributed by atoms with Crippen LogP contribution >= 0.6 is 11.6 Å². The number of nitrogens with one attached hydrogen (secondary N) is 2. The number of benzene rings is 1. The highest BCUT2D eigenvalue weighted by Crippen LogP contribution is 2.34. The lowest BCUT2D eigenvalue weighted by Gasteiger charge is -2.38. The second-order valence-corrected chi connectivity index (χ2v) is 9.01. The molecule has 1 spiro atoms. The fourth-order valence-electron chi connectivity index (χ4n) is 4.43. The Hall–Kier alpha value is -2.28. The maximum atomic E-state index is 12.6. The molecule has 4 rings (SSSR count). The molecular weight excluding hydrogens is 404 g/mol. The molecule has 1 saturated heterocycles. The number of oxime groups is 1. The summed E-state index contributed by atoms with van der Waals surface area (Å²) < 4.78 is 0. The predicted octanol–water partition coefficient (Wildman–Crippen LogP) is 3.61. The largest absolute Gasteiger partial charge is 0.388 e. The Morgan fingerprint density at radius 1 is 1.13 bits per heavy atom. The number of piperidine rings is 1. The average Bonchev–Trinajstić information content (AvgIpc) is 3.18. The Morgan fingerprint density at radius 2 is 1.83 bits per heavy atom. The molecule has 162 valence electrons. The van der Waals surface area contributed by atoms with E-state index in [1.54, 1.807) is 12.1 Å². The molecule has 3 aliphatic rings. The number of carbonyl (C=O) groups is 2. The zero-order valence-electron chi connectivity index (χ0n) is 17.2. The highest BCUT2D eigenvalue weighted by Gasteiger charge is 2.44. The zero-order chi connectivity index (χ0) is 21.0. The third-order valence-corrected chi connectivity index (χ3v) is 6.61. The number of hydrogen-bond acceptors (Lipinski definition) is 4. The number of hydrogen-bond donors (Lipinski definition) is 2. The molecule has 1 aromatic carbocycles. The maximum Gasteiger partial charge on any atom is 0.317 e. The van der Waals surface area contributed by atoms with Gasteiger partial charge >= 0.3 is 6.03 Å². The first-order valence-corrected chi connectivity index (χ1v) is 11.2. The van der Waals surface area contributed by atoms with Gasteiger partial charge in [-0.05, 0) is 30.5 Å². The summed E-state index contributed by atoms with van der Waals surface area (Å²) in [6.07, 6.45) is 7.67. The summed E-state index contributed by atoms with van der Waals surface area (Å²) in [5, 5.41) is 10.8. The van der Waals surface area contributed by atoms with Gasteiger partial charge in [0.2, 0.25) is 0 Å². The summed E-state index contributed by atoms with van der Waals surface area (Å²) in [5.41, 5.74) is 0.928. The molecule has 1 saturated carbocycles. The van der Waals surface area contributed by atoms with Crippen LogP contribution in [0.5, 0.6) is 0 Å². The molecule has 2 heterocycles. The molecule has 1 aliphatic carbocycles. The number of nitrogens with zero attached hydrogens (tertiary/aromatic N) is 2. The lowest BCUT2D eigenvalue weighted by molar-refractivity contribution is -0.115. The Morgan fingerprint density at radius 3 is 2.53 bits per heavy atom. The van der Waals surface area contributed by atoms with Crippen LogP contribution in [0.2, 0.25) is 5.02 Å². The van der Waals surface area contributed by atoms with Gasteiger partial charge in [0.05, 0.1) is 0 Å². The van der Waals surface area contributed by atoms with Crippen molar-refractivity contribution in [1.82, 2.24) is 15.5 Å². The standard InChI is InChI=1S/C22H29ClN4O3/c23-17-8-6-16(7-9-17)15-24-20(28)19-14-22(30-26-19)10-12-27(13-11-22)21(29)25-18-4-2-1-3-5-18/h6-9,18H,1-5,10-15H2,(H,24,28)(H,25,29).